The van der Waals surface area contributed by atoms with Crippen LogP contribution in [0.2, 0.25) is 12.1 Å². The minimum absolute atomic E-state index is 0.384. The largest absolute Gasteiger partial charge is 0.500 e. The fourth-order valence-electron chi connectivity index (χ4n) is 2.08. The maximum Gasteiger partial charge on any atom is 0.500 e. The van der Waals surface area contributed by atoms with E-state index in [-0.39, 0.29) is 0 Å². The minimum atomic E-state index is -2.29. The van der Waals surface area contributed by atoms with Crippen LogP contribution in [-0.2, 0) is 31.6 Å². The van der Waals surface area contributed by atoms with Crippen LogP contribution in [0.5, 0.6) is 0 Å². The summed E-state index contributed by atoms with van der Waals surface area (Å²) in [6.45, 7) is 2.46. The zero-order valence-corrected chi connectivity index (χ0v) is 19.4. The molecule has 1 saturated heterocycles. The van der Waals surface area contributed by atoms with Gasteiger partial charge in [-0.1, -0.05) is 0 Å². The summed E-state index contributed by atoms with van der Waals surface area (Å²) >= 11 is 4.10. The summed E-state index contributed by atoms with van der Waals surface area (Å²) in [5, 5.41) is 0. The Kier molecular flexibility index (Phi) is 17.0. The van der Waals surface area contributed by atoms with Crippen molar-refractivity contribution in [2.45, 2.75) is 37.5 Å². The van der Waals surface area contributed by atoms with Gasteiger partial charge in [0.05, 0.1) is 13.2 Å². The molecule has 0 amide bonds. The molecule has 0 aromatic heterocycles. The van der Waals surface area contributed by atoms with Crippen LogP contribution in [0.25, 0.3) is 0 Å². The SMILES string of the molecule is CO[SiH](CCCCOCC1CO1)OC.CO[Si](CCCS)(OC)OC. The number of hydrogen-bond donors (Lipinski definition) is 1. The van der Waals surface area contributed by atoms with Crippen molar-refractivity contribution in [1.29, 1.82) is 0 Å². The van der Waals surface area contributed by atoms with Crippen molar-refractivity contribution < 1.29 is 31.6 Å². The van der Waals surface area contributed by atoms with E-state index in [1.807, 2.05) is 0 Å². The molecule has 152 valence electrons. The first-order chi connectivity index (χ1) is 12.1. The van der Waals surface area contributed by atoms with Gasteiger partial charge in [-0.3, -0.25) is 0 Å². The standard InChI is InChI=1S/C9H20O4Si.C6H16O3SSi/c1-10-14(11-2)6-4-3-5-12-7-9-8-13-9;1-7-11(8-2,9-3)6-4-5-10/h9,14H,3-8H2,1-2H3;10H,4-6H2,1-3H3. The molecule has 1 aliphatic rings. The van der Waals surface area contributed by atoms with Gasteiger partial charge in [0.1, 0.15) is 6.10 Å². The van der Waals surface area contributed by atoms with Gasteiger partial charge in [0.2, 0.25) is 0 Å². The fourth-order valence-corrected chi connectivity index (χ4v) is 5.54. The van der Waals surface area contributed by atoms with E-state index in [9.17, 15) is 0 Å². The molecule has 1 unspecified atom stereocenters. The molecule has 0 spiro atoms. The molecule has 1 fully saturated rings. The Morgan fingerprint density at radius 3 is 2.04 bits per heavy atom. The van der Waals surface area contributed by atoms with Crippen LogP contribution in [0.15, 0.2) is 0 Å². The van der Waals surface area contributed by atoms with Crippen molar-refractivity contribution in [1.82, 2.24) is 0 Å². The predicted molar refractivity (Wildman–Crippen MR) is 106 cm³/mol. The number of hydrogen-bond acceptors (Lipinski definition) is 8. The van der Waals surface area contributed by atoms with Gasteiger partial charge in [-0.25, -0.2) is 0 Å². The lowest BCUT2D eigenvalue weighted by Crippen LogP contribution is -2.42. The lowest BCUT2D eigenvalue weighted by Gasteiger charge is -2.23. The Balaban J connectivity index is 0.000000477. The molecule has 0 saturated carbocycles. The first-order valence-electron chi connectivity index (χ1n) is 8.62. The second-order valence-electron chi connectivity index (χ2n) is 5.55. The van der Waals surface area contributed by atoms with E-state index in [2.05, 4.69) is 12.6 Å². The summed E-state index contributed by atoms with van der Waals surface area (Å²) in [6, 6.07) is 1.90. The second-order valence-corrected chi connectivity index (χ2v) is 11.5. The fraction of sp³-hybridized carbons (Fsp3) is 1.00. The summed E-state index contributed by atoms with van der Waals surface area (Å²) < 4.78 is 36.5. The van der Waals surface area contributed by atoms with Gasteiger partial charge >= 0.3 is 18.1 Å². The van der Waals surface area contributed by atoms with Crippen molar-refractivity contribution >= 4 is 30.7 Å². The van der Waals surface area contributed by atoms with Gasteiger partial charge in [0.15, 0.2) is 0 Å². The Morgan fingerprint density at radius 2 is 1.60 bits per heavy atom. The maximum atomic E-state index is 5.42. The Hall–Kier alpha value is 0.504. The number of epoxide rings is 1. The molecule has 0 aliphatic carbocycles. The average molecular weight is 417 g/mol. The summed E-state index contributed by atoms with van der Waals surface area (Å²) in [7, 11) is 4.70. The molecule has 0 bridgehead atoms. The number of ether oxygens (including phenoxy) is 2. The van der Waals surface area contributed by atoms with Gasteiger partial charge < -0.3 is 31.6 Å². The number of unbranched alkanes of at least 4 members (excludes halogenated alkanes) is 1. The molecule has 1 atom stereocenters. The van der Waals surface area contributed by atoms with Gasteiger partial charge in [0.25, 0.3) is 0 Å². The van der Waals surface area contributed by atoms with Crippen molar-refractivity contribution in [3.8, 4) is 0 Å². The molecule has 1 aliphatic heterocycles. The molecule has 0 N–H and O–H groups in total. The van der Waals surface area contributed by atoms with Gasteiger partial charge in [0, 0.05) is 48.2 Å². The van der Waals surface area contributed by atoms with Crippen molar-refractivity contribution in [2.75, 3.05) is 61.1 Å². The van der Waals surface area contributed by atoms with Crippen LogP contribution in [0.4, 0.5) is 0 Å². The summed E-state index contributed by atoms with van der Waals surface area (Å²) in [5.41, 5.74) is 0. The highest BCUT2D eigenvalue weighted by Crippen LogP contribution is 2.14. The summed E-state index contributed by atoms with van der Waals surface area (Å²) in [5.74, 6) is 0.838. The smallest absolute Gasteiger partial charge is 0.400 e. The van der Waals surface area contributed by atoms with Crippen molar-refractivity contribution in [3.05, 3.63) is 0 Å². The lowest BCUT2D eigenvalue weighted by molar-refractivity contribution is 0.113. The highest BCUT2D eigenvalue weighted by atomic mass is 32.1. The van der Waals surface area contributed by atoms with Gasteiger partial charge in [-0.05, 0) is 31.1 Å². The molecular formula is C15H36O7SSi2. The van der Waals surface area contributed by atoms with Crippen LogP contribution in [0, 0.1) is 0 Å². The maximum absolute atomic E-state index is 5.42. The predicted octanol–water partition coefficient (Wildman–Crippen LogP) is 1.88. The third-order valence-corrected chi connectivity index (χ3v) is 8.86. The van der Waals surface area contributed by atoms with Crippen LogP contribution in [0.1, 0.15) is 19.3 Å². The summed E-state index contributed by atoms with van der Waals surface area (Å²) in [6.07, 6.45) is 3.56. The lowest BCUT2D eigenvalue weighted by atomic mass is 10.3. The number of rotatable bonds is 15. The van der Waals surface area contributed by atoms with E-state index in [1.54, 1.807) is 35.5 Å². The van der Waals surface area contributed by atoms with E-state index in [4.69, 9.17) is 31.6 Å². The zero-order chi connectivity index (χ0) is 19.0. The molecule has 25 heavy (non-hydrogen) atoms. The number of thiol groups is 1. The minimum Gasteiger partial charge on any atom is -0.400 e. The monoisotopic (exact) mass is 416 g/mol. The Bertz CT molecular complexity index is 283. The van der Waals surface area contributed by atoms with E-state index in [1.165, 1.54) is 0 Å². The third kappa shape index (κ3) is 13.3. The molecule has 10 heteroatoms. The third-order valence-electron chi connectivity index (χ3n) is 3.78. The molecule has 1 heterocycles. The first-order valence-corrected chi connectivity index (χ1v) is 12.9. The summed E-state index contributed by atoms with van der Waals surface area (Å²) in [4.78, 5) is 0. The van der Waals surface area contributed by atoms with Crippen LogP contribution in [0.3, 0.4) is 0 Å². The van der Waals surface area contributed by atoms with Crippen LogP contribution >= 0.6 is 12.6 Å². The van der Waals surface area contributed by atoms with Crippen LogP contribution < -0.4 is 0 Å². The van der Waals surface area contributed by atoms with E-state index in [0.717, 1.165) is 56.9 Å². The Labute approximate surface area is 161 Å². The average Bonchev–Trinajstić information content (AvgIpc) is 3.48. The topological polar surface area (TPSA) is 67.9 Å². The Morgan fingerprint density at radius 1 is 1.00 bits per heavy atom. The molecule has 0 aromatic carbocycles. The normalized spacial score (nSPS) is 16.7. The van der Waals surface area contributed by atoms with Crippen LogP contribution in [-0.4, -0.2) is 85.3 Å². The van der Waals surface area contributed by atoms with Crippen molar-refractivity contribution in [3.63, 3.8) is 0 Å². The van der Waals surface area contributed by atoms with E-state index >= 15 is 0 Å². The highest BCUT2D eigenvalue weighted by molar-refractivity contribution is 7.80. The quantitative estimate of drug-likeness (QED) is 0.189. The highest BCUT2D eigenvalue weighted by Gasteiger charge is 2.36. The molecule has 0 aromatic rings. The molecular weight excluding hydrogens is 380 g/mol. The molecule has 1 rings (SSSR count). The van der Waals surface area contributed by atoms with Gasteiger partial charge in [-0.15, -0.1) is 0 Å². The van der Waals surface area contributed by atoms with E-state index < -0.39 is 18.1 Å². The zero-order valence-electron chi connectivity index (χ0n) is 16.3. The van der Waals surface area contributed by atoms with Crippen molar-refractivity contribution in [2.24, 2.45) is 0 Å². The van der Waals surface area contributed by atoms with Gasteiger partial charge in [-0.2, -0.15) is 12.6 Å². The molecule has 7 nitrogen and oxygen atoms in total. The second kappa shape index (κ2) is 16.7. The molecule has 0 radical (unpaired) electrons. The first kappa shape index (κ1) is 25.5. The van der Waals surface area contributed by atoms with E-state index in [0.29, 0.717) is 6.10 Å².